The average molecular weight is 263 g/mol. The Bertz CT molecular complexity index is 406. The van der Waals surface area contributed by atoms with E-state index >= 15 is 0 Å². The first kappa shape index (κ1) is 14.2. The molecule has 106 valence electrons. The Hall–Kier alpha value is -1.22. The van der Waals surface area contributed by atoms with Gasteiger partial charge in [0.2, 0.25) is 0 Å². The molecule has 0 bridgehead atoms. The van der Waals surface area contributed by atoms with Gasteiger partial charge in [0.15, 0.2) is 11.5 Å². The second-order valence-corrected chi connectivity index (χ2v) is 5.65. The number of hydrogen-bond donors (Lipinski definition) is 2. The summed E-state index contributed by atoms with van der Waals surface area (Å²) < 4.78 is 5.39. The van der Waals surface area contributed by atoms with Crippen LogP contribution in [0.15, 0.2) is 18.2 Å². The quantitative estimate of drug-likeness (QED) is 0.827. The van der Waals surface area contributed by atoms with Gasteiger partial charge in [-0.25, -0.2) is 0 Å². The van der Waals surface area contributed by atoms with Crippen LogP contribution in [0.5, 0.6) is 11.5 Å². The molecule has 2 unspecified atom stereocenters. The van der Waals surface area contributed by atoms with E-state index in [1.54, 1.807) is 6.07 Å². The predicted molar refractivity (Wildman–Crippen MR) is 77.5 cm³/mol. The van der Waals surface area contributed by atoms with Crippen LogP contribution in [0.25, 0.3) is 0 Å². The molecule has 0 saturated heterocycles. The van der Waals surface area contributed by atoms with Crippen LogP contribution in [0.3, 0.4) is 0 Å². The van der Waals surface area contributed by atoms with Gasteiger partial charge in [-0.1, -0.05) is 19.4 Å². The molecule has 1 aromatic rings. The van der Waals surface area contributed by atoms with Gasteiger partial charge in [-0.3, -0.25) is 0 Å². The molecule has 19 heavy (non-hydrogen) atoms. The Balaban J connectivity index is 1.80. The summed E-state index contributed by atoms with van der Waals surface area (Å²) in [5.41, 5.74) is 1.16. The number of hydrogen-bond acceptors (Lipinski definition) is 3. The summed E-state index contributed by atoms with van der Waals surface area (Å²) in [6.45, 7) is 6.77. The number of benzene rings is 1. The summed E-state index contributed by atoms with van der Waals surface area (Å²) in [5, 5.41) is 13.2. The highest BCUT2D eigenvalue weighted by Crippen LogP contribution is 2.30. The summed E-state index contributed by atoms with van der Waals surface area (Å²) in [5.74, 6) is 2.52. The smallest absolute Gasteiger partial charge is 0.161 e. The molecular weight excluding hydrogens is 238 g/mol. The lowest BCUT2D eigenvalue weighted by Crippen LogP contribution is -2.20. The van der Waals surface area contributed by atoms with E-state index in [2.05, 4.69) is 12.2 Å². The van der Waals surface area contributed by atoms with Crippen LogP contribution in [0.4, 0.5) is 0 Å². The summed E-state index contributed by atoms with van der Waals surface area (Å²) in [7, 11) is 0. The molecule has 1 saturated carbocycles. The zero-order valence-electron chi connectivity index (χ0n) is 12.0. The fraction of sp³-hybridized carbons (Fsp3) is 0.625. The van der Waals surface area contributed by atoms with Crippen molar-refractivity contribution in [1.29, 1.82) is 0 Å². The Kier molecular flexibility index (Phi) is 5.08. The van der Waals surface area contributed by atoms with Gasteiger partial charge in [0.1, 0.15) is 0 Å². The van der Waals surface area contributed by atoms with Crippen LogP contribution in [0, 0.1) is 11.8 Å². The maximum Gasteiger partial charge on any atom is 0.161 e. The molecule has 0 aliphatic heterocycles. The number of phenols is 1. The molecule has 1 fully saturated rings. The number of rotatable bonds is 6. The van der Waals surface area contributed by atoms with Gasteiger partial charge in [-0.05, 0) is 55.8 Å². The Morgan fingerprint density at radius 2 is 2.21 bits per heavy atom. The second-order valence-electron chi connectivity index (χ2n) is 5.65. The standard InChI is InChI=1S/C16H25NO2/c1-3-19-16-9-14(6-7-15(16)18)11-17-10-13-5-4-12(2)8-13/h6-7,9,12-13,17-18H,3-5,8,10-11H2,1-2H3. The number of nitrogens with one attached hydrogen (secondary N) is 1. The fourth-order valence-corrected chi connectivity index (χ4v) is 2.87. The number of phenolic OH excluding ortho intramolecular Hbond substituents is 1. The van der Waals surface area contributed by atoms with E-state index in [1.807, 2.05) is 19.1 Å². The van der Waals surface area contributed by atoms with Crippen molar-refractivity contribution in [3.8, 4) is 11.5 Å². The van der Waals surface area contributed by atoms with Crippen LogP contribution in [0.2, 0.25) is 0 Å². The fourth-order valence-electron chi connectivity index (χ4n) is 2.87. The first-order valence-electron chi connectivity index (χ1n) is 7.34. The third kappa shape index (κ3) is 4.13. The van der Waals surface area contributed by atoms with Crippen molar-refractivity contribution >= 4 is 0 Å². The zero-order valence-corrected chi connectivity index (χ0v) is 12.0. The van der Waals surface area contributed by atoms with Crippen molar-refractivity contribution in [3.63, 3.8) is 0 Å². The normalized spacial score (nSPS) is 22.6. The number of aromatic hydroxyl groups is 1. The Labute approximate surface area is 116 Å². The van der Waals surface area contributed by atoms with E-state index in [0.717, 1.165) is 30.5 Å². The van der Waals surface area contributed by atoms with Gasteiger partial charge in [0.25, 0.3) is 0 Å². The maximum absolute atomic E-state index is 9.65. The summed E-state index contributed by atoms with van der Waals surface area (Å²) >= 11 is 0. The molecule has 0 aromatic heterocycles. The summed E-state index contributed by atoms with van der Waals surface area (Å²) in [4.78, 5) is 0. The zero-order chi connectivity index (χ0) is 13.7. The van der Waals surface area contributed by atoms with Gasteiger partial charge < -0.3 is 15.2 Å². The van der Waals surface area contributed by atoms with E-state index < -0.39 is 0 Å². The predicted octanol–water partition coefficient (Wildman–Crippen LogP) is 3.32. The highest BCUT2D eigenvalue weighted by Gasteiger charge is 2.20. The minimum Gasteiger partial charge on any atom is -0.504 e. The lowest BCUT2D eigenvalue weighted by molar-refractivity contribution is 0.317. The molecule has 0 amide bonds. The number of ether oxygens (including phenoxy) is 1. The first-order chi connectivity index (χ1) is 9.19. The molecule has 1 aliphatic carbocycles. The molecule has 3 nitrogen and oxygen atoms in total. The van der Waals surface area contributed by atoms with Gasteiger partial charge in [0.05, 0.1) is 6.61 Å². The van der Waals surface area contributed by atoms with Gasteiger partial charge >= 0.3 is 0 Å². The van der Waals surface area contributed by atoms with Gasteiger partial charge in [-0.15, -0.1) is 0 Å². The largest absolute Gasteiger partial charge is 0.504 e. The molecule has 0 spiro atoms. The van der Waals surface area contributed by atoms with Gasteiger partial charge in [0, 0.05) is 6.54 Å². The lowest BCUT2D eigenvalue weighted by atomic mass is 10.1. The molecule has 2 atom stereocenters. The van der Waals surface area contributed by atoms with Crippen LogP contribution in [-0.4, -0.2) is 18.3 Å². The maximum atomic E-state index is 9.65. The highest BCUT2D eigenvalue weighted by atomic mass is 16.5. The molecule has 0 radical (unpaired) electrons. The van der Waals surface area contributed by atoms with E-state index in [1.165, 1.54) is 19.3 Å². The van der Waals surface area contributed by atoms with Crippen molar-refractivity contribution in [2.24, 2.45) is 11.8 Å². The van der Waals surface area contributed by atoms with E-state index in [9.17, 15) is 5.11 Å². The van der Waals surface area contributed by atoms with Crippen molar-refractivity contribution in [1.82, 2.24) is 5.32 Å². The average Bonchev–Trinajstić information content (AvgIpc) is 2.79. The molecular formula is C16H25NO2. The van der Waals surface area contributed by atoms with Crippen LogP contribution in [0.1, 0.15) is 38.7 Å². The highest BCUT2D eigenvalue weighted by molar-refractivity contribution is 5.41. The molecule has 1 aromatic carbocycles. The van der Waals surface area contributed by atoms with E-state index in [4.69, 9.17) is 4.74 Å². The molecule has 2 rings (SSSR count). The summed E-state index contributed by atoms with van der Waals surface area (Å²) in [6.07, 6.45) is 4.08. The monoisotopic (exact) mass is 263 g/mol. The lowest BCUT2D eigenvalue weighted by Gasteiger charge is -2.12. The van der Waals surface area contributed by atoms with Crippen LogP contribution < -0.4 is 10.1 Å². The third-order valence-corrected chi connectivity index (χ3v) is 3.89. The van der Waals surface area contributed by atoms with Crippen molar-refractivity contribution < 1.29 is 9.84 Å². The topological polar surface area (TPSA) is 41.5 Å². The van der Waals surface area contributed by atoms with E-state index in [-0.39, 0.29) is 5.75 Å². The molecule has 0 heterocycles. The third-order valence-electron chi connectivity index (χ3n) is 3.89. The summed E-state index contributed by atoms with van der Waals surface area (Å²) in [6, 6.07) is 5.57. The van der Waals surface area contributed by atoms with Crippen LogP contribution in [-0.2, 0) is 6.54 Å². The SMILES string of the molecule is CCOc1cc(CNCC2CCC(C)C2)ccc1O. The Morgan fingerprint density at radius 1 is 1.37 bits per heavy atom. The first-order valence-corrected chi connectivity index (χ1v) is 7.34. The minimum absolute atomic E-state index is 0.218. The molecule has 1 aliphatic rings. The molecule has 3 heteroatoms. The van der Waals surface area contributed by atoms with Crippen molar-refractivity contribution in [3.05, 3.63) is 23.8 Å². The Morgan fingerprint density at radius 3 is 2.89 bits per heavy atom. The van der Waals surface area contributed by atoms with Crippen molar-refractivity contribution in [2.75, 3.05) is 13.2 Å². The van der Waals surface area contributed by atoms with Crippen molar-refractivity contribution in [2.45, 2.75) is 39.7 Å². The molecule has 2 N–H and O–H groups in total. The van der Waals surface area contributed by atoms with Gasteiger partial charge in [-0.2, -0.15) is 0 Å². The van der Waals surface area contributed by atoms with Crippen LogP contribution >= 0.6 is 0 Å². The second kappa shape index (κ2) is 6.80. The minimum atomic E-state index is 0.218. The van der Waals surface area contributed by atoms with E-state index in [0.29, 0.717) is 12.4 Å².